The summed E-state index contributed by atoms with van der Waals surface area (Å²) in [5, 5.41) is 0. The molecular formula is C17H24N2S. The van der Waals surface area contributed by atoms with Gasteiger partial charge >= 0.3 is 0 Å². The van der Waals surface area contributed by atoms with Crippen LogP contribution in [-0.4, -0.2) is 25.5 Å². The number of rotatable bonds is 6. The summed E-state index contributed by atoms with van der Waals surface area (Å²) in [4.78, 5) is 5.01. The predicted octanol–water partition coefficient (Wildman–Crippen LogP) is 3.93. The van der Waals surface area contributed by atoms with Crippen LogP contribution in [0.15, 0.2) is 36.4 Å². The van der Waals surface area contributed by atoms with E-state index < -0.39 is 0 Å². The number of nitrogens with two attached hydrogens (primary N) is 1. The number of hydrogen-bond acceptors (Lipinski definition) is 3. The molecule has 0 bridgehead atoms. The maximum absolute atomic E-state index is 5.66. The molecule has 2 rings (SSSR count). The lowest BCUT2D eigenvalue weighted by atomic mass is 10.0. The molecule has 2 nitrogen and oxygen atoms in total. The molecule has 0 saturated carbocycles. The van der Waals surface area contributed by atoms with Crippen molar-refractivity contribution in [1.82, 2.24) is 4.90 Å². The molecule has 1 aromatic heterocycles. The quantitative estimate of drug-likeness (QED) is 0.872. The minimum absolute atomic E-state index is 0.555. The summed E-state index contributed by atoms with van der Waals surface area (Å²) in [5.41, 5.74) is 8.41. The summed E-state index contributed by atoms with van der Waals surface area (Å²) in [6, 6.07) is 13.2. The van der Waals surface area contributed by atoms with Crippen molar-refractivity contribution in [2.75, 3.05) is 20.6 Å². The van der Waals surface area contributed by atoms with Gasteiger partial charge in [-0.1, -0.05) is 31.2 Å². The highest BCUT2D eigenvalue weighted by Gasteiger charge is 2.11. The van der Waals surface area contributed by atoms with E-state index in [1.165, 1.54) is 20.9 Å². The molecule has 1 aromatic carbocycles. The monoisotopic (exact) mass is 288 g/mol. The Morgan fingerprint density at radius 3 is 2.60 bits per heavy atom. The number of nitrogens with zero attached hydrogens (tertiary/aromatic N) is 1. The molecule has 1 heterocycles. The second-order valence-electron chi connectivity index (χ2n) is 5.58. The predicted molar refractivity (Wildman–Crippen MR) is 89.2 cm³/mol. The first-order valence-electron chi connectivity index (χ1n) is 7.14. The van der Waals surface area contributed by atoms with Crippen LogP contribution in [0.25, 0.3) is 10.4 Å². The maximum atomic E-state index is 5.66. The van der Waals surface area contributed by atoms with Crippen molar-refractivity contribution in [3.8, 4) is 10.4 Å². The fourth-order valence-electron chi connectivity index (χ4n) is 2.39. The van der Waals surface area contributed by atoms with Crippen LogP contribution < -0.4 is 5.73 Å². The summed E-state index contributed by atoms with van der Waals surface area (Å²) < 4.78 is 0. The third-order valence-corrected chi connectivity index (χ3v) is 4.83. The van der Waals surface area contributed by atoms with Crippen LogP contribution in [0.3, 0.4) is 0 Å². The smallest absolute Gasteiger partial charge is 0.0349 e. The molecule has 0 aliphatic carbocycles. The molecule has 0 saturated heterocycles. The molecule has 1 atom stereocenters. The van der Waals surface area contributed by atoms with E-state index in [1.54, 1.807) is 0 Å². The Balaban J connectivity index is 2.28. The van der Waals surface area contributed by atoms with Crippen molar-refractivity contribution in [2.24, 2.45) is 5.73 Å². The molecule has 2 N–H and O–H groups in total. The van der Waals surface area contributed by atoms with Gasteiger partial charge in [-0.3, -0.25) is 0 Å². The lowest BCUT2D eigenvalue weighted by Gasteiger charge is -2.13. The molecule has 3 heteroatoms. The summed E-state index contributed by atoms with van der Waals surface area (Å²) in [6.45, 7) is 3.99. The highest BCUT2D eigenvalue weighted by Crippen LogP contribution is 2.35. The van der Waals surface area contributed by atoms with Gasteiger partial charge in [0.2, 0.25) is 0 Å². The minimum Gasteiger partial charge on any atom is -0.330 e. The van der Waals surface area contributed by atoms with Crippen LogP contribution >= 0.6 is 11.3 Å². The van der Waals surface area contributed by atoms with E-state index in [0.717, 1.165) is 19.5 Å². The Bertz CT molecular complexity index is 545. The first-order valence-corrected chi connectivity index (χ1v) is 7.96. The van der Waals surface area contributed by atoms with Gasteiger partial charge < -0.3 is 10.6 Å². The lowest BCUT2D eigenvalue weighted by Crippen LogP contribution is -2.11. The van der Waals surface area contributed by atoms with E-state index in [0.29, 0.717) is 5.92 Å². The number of thiophene rings is 1. The Labute approximate surface area is 126 Å². The van der Waals surface area contributed by atoms with E-state index in [2.05, 4.69) is 62.3 Å². The topological polar surface area (TPSA) is 29.3 Å². The molecule has 1 unspecified atom stereocenters. The normalized spacial score (nSPS) is 12.8. The first-order chi connectivity index (χ1) is 9.61. The van der Waals surface area contributed by atoms with Gasteiger partial charge in [-0.05, 0) is 56.2 Å². The van der Waals surface area contributed by atoms with Crippen molar-refractivity contribution in [3.05, 3.63) is 46.8 Å². The Hall–Kier alpha value is -1.16. The van der Waals surface area contributed by atoms with Gasteiger partial charge in [0.05, 0.1) is 0 Å². The van der Waals surface area contributed by atoms with Crippen molar-refractivity contribution < 1.29 is 0 Å². The fourth-order valence-corrected chi connectivity index (χ4v) is 3.55. The van der Waals surface area contributed by atoms with Crippen LogP contribution in [0.2, 0.25) is 0 Å². The molecule has 2 aromatic rings. The van der Waals surface area contributed by atoms with Crippen molar-refractivity contribution >= 4 is 11.3 Å². The Kier molecular flexibility index (Phi) is 5.35. The van der Waals surface area contributed by atoms with Gasteiger partial charge in [0, 0.05) is 16.3 Å². The summed E-state index contributed by atoms with van der Waals surface area (Å²) in [7, 11) is 4.22. The van der Waals surface area contributed by atoms with Crippen molar-refractivity contribution in [3.63, 3.8) is 0 Å². The van der Waals surface area contributed by atoms with E-state index >= 15 is 0 Å². The highest BCUT2D eigenvalue weighted by molar-refractivity contribution is 7.15. The Morgan fingerprint density at radius 2 is 1.90 bits per heavy atom. The molecule has 108 valence electrons. The third-order valence-electron chi connectivity index (χ3n) is 3.48. The number of hydrogen-bond donors (Lipinski definition) is 1. The maximum Gasteiger partial charge on any atom is 0.0349 e. The van der Waals surface area contributed by atoms with Gasteiger partial charge in [0.1, 0.15) is 0 Å². The van der Waals surface area contributed by atoms with Crippen LogP contribution in [0.4, 0.5) is 0 Å². The van der Waals surface area contributed by atoms with Gasteiger partial charge in [0.15, 0.2) is 0 Å². The fraction of sp³-hybridized carbons (Fsp3) is 0.412. The largest absolute Gasteiger partial charge is 0.330 e. The van der Waals surface area contributed by atoms with Crippen molar-refractivity contribution in [1.29, 1.82) is 0 Å². The van der Waals surface area contributed by atoms with E-state index in [1.807, 2.05) is 11.3 Å². The molecule has 0 spiro atoms. The molecule has 0 fully saturated rings. The molecular weight excluding hydrogens is 264 g/mol. The second kappa shape index (κ2) is 7.02. The zero-order valence-corrected chi connectivity index (χ0v) is 13.4. The highest BCUT2D eigenvalue weighted by atomic mass is 32.1. The molecule has 0 aliphatic rings. The van der Waals surface area contributed by atoms with Crippen LogP contribution in [0.5, 0.6) is 0 Å². The van der Waals surface area contributed by atoms with Gasteiger partial charge in [-0.25, -0.2) is 0 Å². The average Bonchev–Trinajstić information content (AvgIpc) is 2.88. The zero-order valence-electron chi connectivity index (χ0n) is 12.6. The van der Waals surface area contributed by atoms with Gasteiger partial charge in [-0.2, -0.15) is 0 Å². The SMILES string of the molecule is CC(CCN)c1ccc(-c2ccccc2CN(C)C)s1. The van der Waals surface area contributed by atoms with Crippen LogP contribution in [-0.2, 0) is 6.54 Å². The number of benzene rings is 1. The van der Waals surface area contributed by atoms with E-state index in [9.17, 15) is 0 Å². The summed E-state index contributed by atoms with van der Waals surface area (Å²) >= 11 is 1.90. The zero-order chi connectivity index (χ0) is 14.5. The molecule has 0 amide bonds. The van der Waals surface area contributed by atoms with Crippen LogP contribution in [0.1, 0.15) is 29.7 Å². The van der Waals surface area contributed by atoms with Crippen LogP contribution in [0, 0.1) is 0 Å². The van der Waals surface area contributed by atoms with E-state index in [-0.39, 0.29) is 0 Å². The second-order valence-corrected chi connectivity index (χ2v) is 6.69. The third kappa shape index (κ3) is 3.69. The lowest BCUT2D eigenvalue weighted by molar-refractivity contribution is 0.403. The summed E-state index contributed by atoms with van der Waals surface area (Å²) in [6.07, 6.45) is 1.05. The molecule has 0 radical (unpaired) electrons. The minimum atomic E-state index is 0.555. The molecule has 20 heavy (non-hydrogen) atoms. The average molecular weight is 288 g/mol. The Morgan fingerprint density at radius 1 is 1.15 bits per heavy atom. The first kappa shape index (κ1) is 15.2. The van der Waals surface area contributed by atoms with Crippen molar-refractivity contribution in [2.45, 2.75) is 25.8 Å². The van der Waals surface area contributed by atoms with Gasteiger partial charge in [-0.15, -0.1) is 11.3 Å². The standard InChI is InChI=1S/C17H24N2S/c1-13(10-11-18)16-8-9-17(20-16)15-7-5-4-6-14(15)12-19(2)3/h4-9,13H,10-12,18H2,1-3H3. The van der Waals surface area contributed by atoms with E-state index in [4.69, 9.17) is 5.73 Å². The summed E-state index contributed by atoms with van der Waals surface area (Å²) in [5.74, 6) is 0.555. The molecule has 0 aliphatic heterocycles. The van der Waals surface area contributed by atoms with Gasteiger partial charge in [0.25, 0.3) is 0 Å².